The molecule has 0 aromatic carbocycles. The highest BCUT2D eigenvalue weighted by atomic mass is 31.2. The molecule has 0 bridgehead atoms. The molecular formula is C46H87N2O5P. The van der Waals surface area contributed by atoms with Crippen molar-refractivity contribution in [1.82, 2.24) is 4.90 Å². The van der Waals surface area contributed by atoms with Crippen molar-refractivity contribution >= 4 is 7.60 Å². The number of allylic oxidation sites excluding steroid dienone is 8. The molecule has 0 saturated carbocycles. The van der Waals surface area contributed by atoms with E-state index in [0.717, 1.165) is 45.1 Å². The number of hydrogen-bond acceptors (Lipinski definition) is 7. The molecule has 0 radical (unpaired) electrons. The minimum absolute atomic E-state index is 0.0335. The van der Waals surface area contributed by atoms with Crippen LogP contribution in [0.25, 0.3) is 0 Å². The van der Waals surface area contributed by atoms with Crippen LogP contribution in [0, 0.1) is 0 Å². The average Bonchev–Trinajstić information content (AvgIpc) is 3.55. The molecule has 54 heavy (non-hydrogen) atoms. The number of unbranched alkanes of at least 4 members (excludes halogenated alkanes) is 18. The van der Waals surface area contributed by atoms with Gasteiger partial charge in [0.25, 0.3) is 0 Å². The maximum absolute atomic E-state index is 12.4. The molecule has 0 aliphatic carbocycles. The monoisotopic (exact) mass is 779 g/mol. The average molecular weight is 779 g/mol. The van der Waals surface area contributed by atoms with Crippen LogP contribution >= 0.6 is 7.60 Å². The minimum atomic E-state index is -3.07. The summed E-state index contributed by atoms with van der Waals surface area (Å²) in [5, 5.41) is 0. The topological polar surface area (TPSA) is 83.2 Å². The smallest absolute Gasteiger partial charge is 0.327 e. The Kier molecular flexibility index (Phi) is 34.3. The maximum atomic E-state index is 12.4. The largest absolute Gasteiger partial charge is 0.347 e. The van der Waals surface area contributed by atoms with Gasteiger partial charge in [-0.2, -0.15) is 0 Å². The molecule has 2 atom stereocenters. The van der Waals surface area contributed by atoms with Crippen LogP contribution in [0.4, 0.5) is 0 Å². The van der Waals surface area contributed by atoms with Gasteiger partial charge in [-0.25, -0.2) is 0 Å². The summed E-state index contributed by atoms with van der Waals surface area (Å²) in [6, 6.07) is 0. The Morgan fingerprint density at radius 2 is 1.07 bits per heavy atom. The van der Waals surface area contributed by atoms with E-state index in [2.05, 4.69) is 74.4 Å². The van der Waals surface area contributed by atoms with Gasteiger partial charge in [-0.15, -0.1) is 0 Å². The third-order valence-electron chi connectivity index (χ3n) is 10.2. The Bertz CT molecular complexity index is 952. The van der Waals surface area contributed by atoms with Gasteiger partial charge in [-0.05, 0) is 84.1 Å². The van der Waals surface area contributed by atoms with Crippen molar-refractivity contribution in [2.24, 2.45) is 5.73 Å². The summed E-state index contributed by atoms with van der Waals surface area (Å²) in [7, 11) is -1.01. The van der Waals surface area contributed by atoms with Gasteiger partial charge in [-0.3, -0.25) is 4.57 Å². The number of rotatable bonds is 39. The molecule has 1 saturated heterocycles. The summed E-state index contributed by atoms with van der Waals surface area (Å²) >= 11 is 0. The molecule has 0 aromatic rings. The Labute approximate surface area is 334 Å². The van der Waals surface area contributed by atoms with Crippen LogP contribution in [0.1, 0.15) is 181 Å². The van der Waals surface area contributed by atoms with Gasteiger partial charge in [0.15, 0.2) is 5.79 Å². The van der Waals surface area contributed by atoms with Gasteiger partial charge in [0.2, 0.25) is 0 Å². The highest BCUT2D eigenvalue weighted by Crippen LogP contribution is 2.43. The van der Waals surface area contributed by atoms with E-state index in [-0.39, 0.29) is 12.7 Å². The van der Waals surface area contributed by atoms with E-state index in [0.29, 0.717) is 26.3 Å². The minimum Gasteiger partial charge on any atom is -0.347 e. The fourth-order valence-corrected chi connectivity index (χ4v) is 7.84. The van der Waals surface area contributed by atoms with Crippen LogP contribution in [-0.4, -0.2) is 70.0 Å². The number of nitrogens with two attached hydrogens (primary N) is 1. The molecule has 0 aromatic heterocycles. The summed E-state index contributed by atoms with van der Waals surface area (Å²) in [6.45, 7) is 8.97. The number of hydrogen-bond donors (Lipinski definition) is 1. The van der Waals surface area contributed by atoms with Crippen LogP contribution in [0.3, 0.4) is 0 Å². The molecule has 1 rings (SSSR count). The fourth-order valence-electron chi connectivity index (χ4n) is 6.92. The zero-order valence-corrected chi connectivity index (χ0v) is 36.7. The normalized spacial score (nSPS) is 17.4. The van der Waals surface area contributed by atoms with Crippen LogP contribution in [0.15, 0.2) is 48.6 Å². The second-order valence-electron chi connectivity index (χ2n) is 15.6. The summed E-state index contributed by atoms with van der Waals surface area (Å²) in [6.07, 6.45) is 50.8. The lowest BCUT2D eigenvalue weighted by molar-refractivity contribution is -0.180. The predicted molar refractivity (Wildman–Crippen MR) is 233 cm³/mol. The van der Waals surface area contributed by atoms with Gasteiger partial charge < -0.3 is 29.2 Å². The fraction of sp³-hybridized carbons (Fsp3) is 0.826. The van der Waals surface area contributed by atoms with Gasteiger partial charge in [0, 0.05) is 39.1 Å². The Balaban J connectivity index is 2.37. The van der Waals surface area contributed by atoms with E-state index in [1.54, 1.807) is 0 Å². The van der Waals surface area contributed by atoms with E-state index in [4.69, 9.17) is 24.3 Å². The summed E-state index contributed by atoms with van der Waals surface area (Å²) in [5.41, 5.74) is 5.47. The summed E-state index contributed by atoms with van der Waals surface area (Å²) in [5.74, 6) is -0.457. The van der Waals surface area contributed by atoms with E-state index in [9.17, 15) is 4.57 Å². The standard InChI is InChI=1S/C46H87N2O5P/c1-5-7-9-11-13-15-17-19-21-23-25-27-29-31-33-35-37-46(38-36-34-32-30-28-26-24-22-20-18-16-14-12-10-8-6-2)50-44-45(53-46)43-48(3)40-42-52-54(4,49)51-41-39-47/h13-16,19-22,45H,5-12,17-18,23-44,47H2,1-4H3/b15-13-,16-14-,21-19-,22-20-/t45-,54?/m0/s1. The SMILES string of the molecule is CCCCC/C=C\C/C=C\CCCCCCCCC1(CCCCCCCC/C=C\C/C=C\CCCCC)OC[C@H](CN(C)CCOP(C)(=O)OCCN)O1. The van der Waals surface area contributed by atoms with Crippen LogP contribution in [0.2, 0.25) is 0 Å². The van der Waals surface area contributed by atoms with Crippen LogP contribution < -0.4 is 5.73 Å². The zero-order valence-electron chi connectivity index (χ0n) is 35.8. The molecule has 2 N–H and O–H groups in total. The van der Waals surface area contributed by atoms with Crippen molar-refractivity contribution in [3.8, 4) is 0 Å². The molecule has 0 spiro atoms. The van der Waals surface area contributed by atoms with E-state index < -0.39 is 13.4 Å². The lowest BCUT2D eigenvalue weighted by Crippen LogP contribution is -2.36. The highest BCUT2D eigenvalue weighted by Gasteiger charge is 2.40. The first kappa shape index (κ1) is 51.0. The molecule has 0 amide bonds. The first-order valence-electron chi connectivity index (χ1n) is 22.5. The van der Waals surface area contributed by atoms with Crippen molar-refractivity contribution < 1.29 is 23.1 Å². The van der Waals surface area contributed by atoms with Crippen LogP contribution in [0.5, 0.6) is 0 Å². The second kappa shape index (κ2) is 36.3. The number of likely N-dealkylation sites (N-methyl/N-ethyl adjacent to an activating group) is 1. The molecule has 1 unspecified atom stereocenters. The molecule has 316 valence electrons. The van der Waals surface area contributed by atoms with Crippen molar-refractivity contribution in [2.45, 2.75) is 193 Å². The summed E-state index contributed by atoms with van der Waals surface area (Å²) < 4.78 is 36.5. The maximum Gasteiger partial charge on any atom is 0.327 e. The Morgan fingerprint density at radius 3 is 1.54 bits per heavy atom. The highest BCUT2D eigenvalue weighted by molar-refractivity contribution is 7.52. The van der Waals surface area contributed by atoms with Gasteiger partial charge in [0.05, 0.1) is 25.9 Å². The van der Waals surface area contributed by atoms with Crippen molar-refractivity contribution in [2.75, 3.05) is 53.2 Å². The molecule has 1 heterocycles. The van der Waals surface area contributed by atoms with Crippen LogP contribution in [-0.2, 0) is 23.1 Å². The van der Waals surface area contributed by atoms with E-state index in [1.807, 2.05) is 0 Å². The van der Waals surface area contributed by atoms with Gasteiger partial charge in [0.1, 0.15) is 0 Å². The van der Waals surface area contributed by atoms with Gasteiger partial charge in [-0.1, -0.05) is 140 Å². The quantitative estimate of drug-likeness (QED) is 0.0378. The van der Waals surface area contributed by atoms with E-state index in [1.165, 1.54) is 135 Å². The molecule has 1 aliphatic rings. The molecule has 1 aliphatic heterocycles. The third-order valence-corrected chi connectivity index (χ3v) is 11.5. The van der Waals surface area contributed by atoms with Crippen molar-refractivity contribution in [3.05, 3.63) is 48.6 Å². The molecular weight excluding hydrogens is 691 g/mol. The van der Waals surface area contributed by atoms with Crippen molar-refractivity contribution in [3.63, 3.8) is 0 Å². The Morgan fingerprint density at radius 1 is 0.648 bits per heavy atom. The molecule has 8 heteroatoms. The number of nitrogens with zero attached hydrogens (tertiary/aromatic N) is 1. The lowest BCUT2D eigenvalue weighted by atomic mass is 9.98. The molecule has 7 nitrogen and oxygen atoms in total. The zero-order chi connectivity index (χ0) is 39.3. The predicted octanol–water partition coefficient (Wildman–Crippen LogP) is 13.3. The first-order valence-corrected chi connectivity index (χ1v) is 24.5. The Hall–Kier alpha value is -1.05. The molecule has 1 fully saturated rings. The third kappa shape index (κ3) is 31.1. The van der Waals surface area contributed by atoms with Gasteiger partial charge >= 0.3 is 7.60 Å². The van der Waals surface area contributed by atoms with Crippen molar-refractivity contribution in [1.29, 1.82) is 0 Å². The lowest BCUT2D eigenvalue weighted by Gasteiger charge is -2.29. The van der Waals surface area contributed by atoms with E-state index >= 15 is 0 Å². The first-order chi connectivity index (χ1) is 26.4. The number of ether oxygens (including phenoxy) is 2. The second-order valence-corrected chi connectivity index (χ2v) is 17.7. The summed E-state index contributed by atoms with van der Waals surface area (Å²) in [4.78, 5) is 2.17.